The van der Waals surface area contributed by atoms with E-state index in [9.17, 15) is 122 Å². The van der Waals surface area contributed by atoms with E-state index < -0.39 is 320 Å². The first-order valence-corrected chi connectivity index (χ1v) is 38.6. The van der Waals surface area contributed by atoms with E-state index in [0.717, 1.165) is 0 Å². The third-order valence-corrected chi connectivity index (χ3v) is 23.3. The maximum absolute atomic E-state index is 12.1. The number of aliphatic hydroxyl groups excluding tert-OH is 24. The van der Waals surface area contributed by atoms with E-state index >= 15 is 0 Å². The second-order valence-corrected chi connectivity index (χ2v) is 31.9. The van der Waals surface area contributed by atoms with Crippen LogP contribution < -0.4 is 51.6 Å². The smallest absolute Gasteiger partial charge is 0.187 e. The standard InChI is InChI=1S/C19H37N3O10.C18H34N2O11.C18H34N2O9.C13H26N2O7/c1-5-3-7(21)16(31-18-9(22)12(26)13(27)15(30-18)6(2)23)17(10(5)24)32-19-14(28)11(25)8(4-20)29-19;1-5-2-6(19)15(30-17-9(20)13(26)11(24)7(3-21)28-17)16(10(5)23)31-18-14(27)12(25)8(4-22)29-18;1-2-3-9(22)10(23)5-7-4-8(19)17(16(27)13(7)24)29-18-12(20)15(26)14(25)11(6-21)28-18;1-4-2-5(14)12(11(20)8(4)17)22-13-7(15)10(19)9(18)6(3-16)21-13/h5-19,23-28H,3-4,20-22H2,1-2H3;5-18,21-27H,2-4,19-20H2,1H3;7-9,11-18,21-22,24-27H,2-6,19-20H2,1H3;4-13,16-20H,2-3,14-15H2,1H3/t5-,6-,7?,8-,9?,10?,11+,12-,13+,14?,15?,16-,17-,18-,19+;5-,6?,7?,8-,9?,10?,11-,12+,13-,14?,15-,16-,17-,18+;7-,8?,9-,11?,12?,13?,14+,15+,16+,17+,18+;4-,5?,6?,7?,8?,9-,10-,11-,12-,13-/m1101/s1. The first-order valence-electron chi connectivity index (χ1n) is 38.6. The summed E-state index contributed by atoms with van der Waals surface area (Å²) in [4.78, 5) is 12.1. The summed E-state index contributed by atoms with van der Waals surface area (Å²) in [5.41, 5.74) is 53.6. The number of aliphatic hydroxyl groups is 24. The van der Waals surface area contributed by atoms with Gasteiger partial charge in [-0.25, -0.2) is 0 Å². The van der Waals surface area contributed by atoms with Gasteiger partial charge in [-0.05, 0) is 62.7 Å². The van der Waals surface area contributed by atoms with Crippen LogP contribution in [0.5, 0.6) is 0 Å². The molecule has 50 atom stereocenters. The second kappa shape index (κ2) is 43.8. The topological polar surface area (TPSA) is 848 Å². The Morgan fingerprint density at radius 1 is 0.351 bits per heavy atom. The molecule has 42 N–H and O–H groups in total. The molecule has 4 saturated carbocycles. The molecule has 0 spiro atoms. The number of hydrogen-bond acceptors (Lipinski definition) is 46. The Morgan fingerprint density at radius 2 is 0.640 bits per heavy atom. The predicted molar refractivity (Wildman–Crippen MR) is 382 cm³/mol. The van der Waals surface area contributed by atoms with Crippen molar-refractivity contribution in [1.82, 2.24) is 0 Å². The zero-order valence-electron chi connectivity index (χ0n) is 64.1. The SMILES string of the molecule is CCC[C@H](O)C(=O)C[C@@H]1CC(N)[C@@H](O[C@H]2OC(CO)[C@@H](O)[C@H](O)C2N)[C@H](O)C1O.C[C@@H]1CC(N)[C@@H](O[C@H]2OC(CO)[C@@H](O)[C@H](O)C2N)[C@H](O)C1O.C[C@@H]1CC(N)[C@@H](O[C@H]2OC(CO)[C@@H](O)[C@H](O)C2N)[C@H](O[C@@H]2O[C@H](CO)[C@H](O)C2O)C1O.C[C@@H]1CC(N)[C@@H](O[C@H]2OC([C@@H](C)O)[C@@H](O)[C@H](O)C2N)[C@H](O[C@@H]2O[C@H](CN)[C@H](O)C2O)C1O. The van der Waals surface area contributed by atoms with Crippen LogP contribution in [-0.2, 0) is 61.6 Å². The summed E-state index contributed by atoms with van der Waals surface area (Å²) in [6.07, 6.45) is -44.6. The highest BCUT2D eigenvalue weighted by molar-refractivity contribution is 5.83. The van der Waals surface area contributed by atoms with Crippen LogP contribution in [0.4, 0.5) is 0 Å². The van der Waals surface area contributed by atoms with Crippen molar-refractivity contribution in [2.24, 2.45) is 75.3 Å². The lowest BCUT2D eigenvalue weighted by Gasteiger charge is -2.47. The Balaban J connectivity index is 0.000000212. The quantitative estimate of drug-likeness (QED) is 0.0452. The lowest BCUT2D eigenvalue weighted by atomic mass is 9.76. The number of Topliss-reactive ketones (excluding diaryl/α,β-unsaturated/α-hetero) is 1. The largest absolute Gasteiger partial charge is 0.394 e. The molecule has 10 rings (SSSR count). The minimum Gasteiger partial charge on any atom is -0.394 e. The van der Waals surface area contributed by atoms with Gasteiger partial charge in [-0.2, -0.15) is 0 Å². The van der Waals surface area contributed by atoms with Gasteiger partial charge in [0.2, 0.25) is 0 Å². The van der Waals surface area contributed by atoms with Gasteiger partial charge in [0.25, 0.3) is 0 Å². The Bertz CT molecular complexity index is 2830. The predicted octanol–water partition coefficient (Wildman–Crippen LogP) is -17.7. The van der Waals surface area contributed by atoms with Crippen LogP contribution in [0.3, 0.4) is 0 Å². The Kier molecular flexibility index (Phi) is 38.0. The molecule has 46 heteroatoms. The van der Waals surface area contributed by atoms with Crippen LogP contribution in [0, 0.1) is 23.7 Å². The van der Waals surface area contributed by atoms with Gasteiger partial charge >= 0.3 is 0 Å². The second-order valence-electron chi connectivity index (χ2n) is 31.9. The highest BCUT2D eigenvalue weighted by Crippen LogP contribution is 2.39. The van der Waals surface area contributed by atoms with E-state index in [4.69, 9.17) is 114 Å². The molecule has 0 aromatic rings. The third-order valence-electron chi connectivity index (χ3n) is 23.3. The van der Waals surface area contributed by atoms with Gasteiger partial charge in [-0.1, -0.05) is 34.1 Å². The molecule has 46 nitrogen and oxygen atoms in total. The van der Waals surface area contributed by atoms with E-state index in [1.807, 2.05) is 6.92 Å². The van der Waals surface area contributed by atoms with Crippen molar-refractivity contribution >= 4 is 5.78 Å². The van der Waals surface area contributed by atoms with Crippen molar-refractivity contribution in [3.8, 4) is 0 Å². The van der Waals surface area contributed by atoms with E-state index in [-0.39, 0.29) is 37.1 Å². The lowest BCUT2D eigenvalue weighted by molar-refractivity contribution is -0.317. The molecule has 6 heterocycles. The van der Waals surface area contributed by atoms with Crippen molar-refractivity contribution in [2.75, 3.05) is 33.0 Å². The summed E-state index contributed by atoms with van der Waals surface area (Å²) < 4.78 is 67.2. The molecule has 0 radical (unpaired) electrons. The van der Waals surface area contributed by atoms with Crippen LogP contribution in [0.2, 0.25) is 0 Å². The molecule has 6 saturated heterocycles. The molecule has 670 valence electrons. The van der Waals surface area contributed by atoms with Crippen molar-refractivity contribution < 1.29 is 184 Å². The lowest BCUT2D eigenvalue weighted by Crippen LogP contribution is -2.67. The fourth-order valence-electron chi connectivity index (χ4n) is 15.9. The monoisotopic (exact) mass is 1670 g/mol. The molecule has 18 unspecified atom stereocenters. The van der Waals surface area contributed by atoms with Crippen molar-refractivity contribution in [1.29, 1.82) is 0 Å². The van der Waals surface area contributed by atoms with Gasteiger partial charge in [-0.3, -0.25) is 4.79 Å². The zero-order valence-corrected chi connectivity index (χ0v) is 64.1. The summed E-state index contributed by atoms with van der Waals surface area (Å²) in [7, 11) is 0. The number of ketones is 1. The molecule has 0 aromatic carbocycles. The maximum Gasteiger partial charge on any atom is 0.187 e. The summed E-state index contributed by atoms with van der Waals surface area (Å²) in [6, 6.07) is -7.27. The van der Waals surface area contributed by atoms with E-state index in [2.05, 4.69) is 0 Å². The number of rotatable bonds is 23. The maximum atomic E-state index is 12.1. The number of hydrogen-bond donors (Lipinski definition) is 33. The normalized spacial score (nSPS) is 51.2. The van der Waals surface area contributed by atoms with Gasteiger partial charge in [0.15, 0.2) is 43.5 Å². The molecule has 0 amide bonds. The van der Waals surface area contributed by atoms with E-state index in [0.29, 0.717) is 32.1 Å². The summed E-state index contributed by atoms with van der Waals surface area (Å²) >= 11 is 0. The van der Waals surface area contributed by atoms with E-state index in [1.54, 1.807) is 20.8 Å². The zero-order chi connectivity index (χ0) is 85.4. The molecule has 10 aliphatic rings. The fraction of sp³-hybridized carbons (Fsp3) is 0.985. The number of carbonyl (C=O) groups excluding carboxylic acids is 1. The molecular weight excluding hydrogens is 1530 g/mol. The molecule has 6 aliphatic heterocycles. The average Bonchev–Trinajstić information content (AvgIpc) is 1.36. The summed E-state index contributed by atoms with van der Waals surface area (Å²) in [5.74, 6) is -1.85. The molecule has 114 heavy (non-hydrogen) atoms. The third kappa shape index (κ3) is 22.8. The minimum absolute atomic E-state index is 0.0487. The molecular formula is C68H131N9O37. The summed E-state index contributed by atoms with van der Waals surface area (Å²) in [6.45, 7) is 6.21. The van der Waals surface area contributed by atoms with Gasteiger partial charge in [0.1, 0.15) is 165 Å². The van der Waals surface area contributed by atoms with Crippen LogP contribution in [0.25, 0.3) is 0 Å². The molecule has 10 fully saturated rings. The summed E-state index contributed by atoms with van der Waals surface area (Å²) in [5, 5.41) is 240. The minimum atomic E-state index is -1.48. The Morgan fingerprint density at radius 3 is 0.991 bits per heavy atom. The highest BCUT2D eigenvalue weighted by Gasteiger charge is 2.57. The van der Waals surface area contributed by atoms with Crippen molar-refractivity contribution in [2.45, 2.75) is 361 Å². The highest BCUT2D eigenvalue weighted by atomic mass is 16.8. The van der Waals surface area contributed by atoms with Crippen molar-refractivity contribution in [3.05, 3.63) is 0 Å². The van der Waals surface area contributed by atoms with Gasteiger partial charge in [0, 0.05) is 37.1 Å². The molecule has 0 aromatic heterocycles. The van der Waals surface area contributed by atoms with Gasteiger partial charge in [0.05, 0.1) is 81.1 Å². The van der Waals surface area contributed by atoms with Gasteiger partial charge in [-0.15, -0.1) is 0 Å². The van der Waals surface area contributed by atoms with Crippen molar-refractivity contribution in [3.63, 3.8) is 0 Å². The first kappa shape index (κ1) is 99.0. The van der Waals surface area contributed by atoms with E-state index in [1.165, 1.54) is 6.92 Å². The fourth-order valence-corrected chi connectivity index (χ4v) is 15.9. The van der Waals surface area contributed by atoms with Crippen LogP contribution in [0.15, 0.2) is 0 Å². The average molecular weight is 1670 g/mol. The number of ether oxygens (including phenoxy) is 12. The number of nitrogens with two attached hydrogens (primary N) is 9. The number of carbonyl (C=O) groups is 1. The Hall–Kier alpha value is -2.13. The van der Waals surface area contributed by atoms with Crippen LogP contribution in [0.1, 0.15) is 79.6 Å². The van der Waals surface area contributed by atoms with Crippen LogP contribution in [-0.4, -0.2) is 443 Å². The molecule has 0 bridgehead atoms. The van der Waals surface area contributed by atoms with Crippen LogP contribution >= 0.6 is 0 Å². The molecule has 4 aliphatic carbocycles. The van der Waals surface area contributed by atoms with Gasteiger partial charge < -0.3 is 231 Å². The first-order chi connectivity index (χ1) is 53.5. The Labute approximate surface area is 657 Å².